The molecule has 0 spiro atoms. The number of benzene rings is 2. The van der Waals surface area contributed by atoms with Gasteiger partial charge < -0.3 is 10.2 Å². The normalized spacial score (nSPS) is 15.3. The Morgan fingerprint density at radius 2 is 1.69 bits per heavy atom. The first-order valence-electron chi connectivity index (χ1n) is 8.92. The predicted molar refractivity (Wildman–Crippen MR) is 108 cm³/mol. The van der Waals surface area contributed by atoms with Crippen LogP contribution < -0.4 is 5.32 Å². The highest BCUT2D eigenvalue weighted by molar-refractivity contribution is 6.30. The molecule has 0 aromatic heterocycles. The van der Waals surface area contributed by atoms with Crippen LogP contribution in [0.2, 0.25) is 5.02 Å². The smallest absolute Gasteiger partial charge is 0.241 e. The van der Waals surface area contributed by atoms with Crippen molar-refractivity contribution in [2.75, 3.05) is 44.6 Å². The summed E-state index contributed by atoms with van der Waals surface area (Å²) in [7, 11) is 0. The van der Waals surface area contributed by atoms with Crippen LogP contribution in [0.25, 0.3) is 6.08 Å². The van der Waals surface area contributed by atoms with Crippen LogP contribution in [-0.4, -0.2) is 55.0 Å². The van der Waals surface area contributed by atoms with Gasteiger partial charge in [-0.1, -0.05) is 54.1 Å². The molecule has 0 unspecified atom stereocenters. The molecule has 4 nitrogen and oxygen atoms in total. The third-order valence-electron chi connectivity index (χ3n) is 4.49. The standard InChI is InChI=1S/C21H24ClN3O/c22-19-8-10-20(11-9-19)23-17-21(26)25-15-13-24(14-16-25)12-4-7-18-5-2-1-3-6-18/h1-11,23H,12-17H2/b7-4+. The minimum Gasteiger partial charge on any atom is -0.376 e. The van der Waals surface area contributed by atoms with Crippen molar-refractivity contribution >= 4 is 29.3 Å². The number of carbonyl (C=O) groups is 1. The highest BCUT2D eigenvalue weighted by Crippen LogP contribution is 2.13. The maximum absolute atomic E-state index is 12.3. The van der Waals surface area contributed by atoms with E-state index < -0.39 is 0 Å². The monoisotopic (exact) mass is 369 g/mol. The number of halogens is 1. The highest BCUT2D eigenvalue weighted by Gasteiger charge is 2.19. The fourth-order valence-electron chi connectivity index (χ4n) is 2.94. The zero-order valence-corrected chi connectivity index (χ0v) is 15.5. The molecule has 1 aliphatic heterocycles. The van der Waals surface area contributed by atoms with Gasteiger partial charge in [0.05, 0.1) is 6.54 Å². The molecule has 2 aromatic carbocycles. The lowest BCUT2D eigenvalue weighted by Gasteiger charge is -2.34. The van der Waals surface area contributed by atoms with E-state index in [1.165, 1.54) is 5.56 Å². The van der Waals surface area contributed by atoms with E-state index in [1.807, 2.05) is 47.4 Å². The summed E-state index contributed by atoms with van der Waals surface area (Å²) in [5.41, 5.74) is 2.13. The van der Waals surface area contributed by atoms with Crippen LogP contribution in [0.15, 0.2) is 60.7 Å². The molecule has 0 radical (unpaired) electrons. The number of anilines is 1. The molecule has 1 N–H and O–H groups in total. The third-order valence-corrected chi connectivity index (χ3v) is 4.74. The second-order valence-corrected chi connectivity index (χ2v) is 6.79. The van der Waals surface area contributed by atoms with Crippen LogP contribution in [0.5, 0.6) is 0 Å². The largest absolute Gasteiger partial charge is 0.376 e. The highest BCUT2D eigenvalue weighted by atomic mass is 35.5. The number of amides is 1. The van der Waals surface area contributed by atoms with E-state index in [9.17, 15) is 4.79 Å². The lowest BCUT2D eigenvalue weighted by molar-refractivity contribution is -0.130. The number of nitrogens with zero attached hydrogens (tertiary/aromatic N) is 2. The van der Waals surface area contributed by atoms with Gasteiger partial charge in [-0.25, -0.2) is 0 Å². The van der Waals surface area contributed by atoms with Crippen LogP contribution in [0.1, 0.15) is 5.56 Å². The summed E-state index contributed by atoms with van der Waals surface area (Å²) in [5.74, 6) is 0.138. The Hall–Kier alpha value is -2.30. The Bertz CT molecular complexity index is 723. The fourth-order valence-corrected chi connectivity index (χ4v) is 3.07. The zero-order chi connectivity index (χ0) is 18.2. The Morgan fingerprint density at radius 3 is 2.38 bits per heavy atom. The van der Waals surface area contributed by atoms with Gasteiger partial charge in [-0.2, -0.15) is 0 Å². The van der Waals surface area contributed by atoms with Crippen molar-refractivity contribution in [2.24, 2.45) is 0 Å². The van der Waals surface area contributed by atoms with E-state index in [2.05, 4.69) is 34.5 Å². The van der Waals surface area contributed by atoms with Crippen LogP contribution in [0, 0.1) is 0 Å². The van der Waals surface area contributed by atoms with Gasteiger partial charge in [-0.15, -0.1) is 0 Å². The van der Waals surface area contributed by atoms with Gasteiger partial charge in [0, 0.05) is 43.4 Å². The molecule has 3 rings (SSSR count). The number of piperazine rings is 1. The summed E-state index contributed by atoms with van der Waals surface area (Å²) in [5, 5.41) is 3.85. The fraction of sp³-hybridized carbons (Fsp3) is 0.286. The second-order valence-electron chi connectivity index (χ2n) is 6.35. The van der Waals surface area contributed by atoms with Crippen molar-refractivity contribution < 1.29 is 4.79 Å². The summed E-state index contributed by atoms with van der Waals surface area (Å²) in [6, 6.07) is 17.7. The molecule has 1 saturated heterocycles. The lowest BCUT2D eigenvalue weighted by atomic mass is 10.2. The first-order chi connectivity index (χ1) is 12.7. The first-order valence-corrected chi connectivity index (χ1v) is 9.30. The number of hydrogen-bond acceptors (Lipinski definition) is 3. The van der Waals surface area contributed by atoms with Gasteiger partial charge in [0.25, 0.3) is 0 Å². The van der Waals surface area contributed by atoms with E-state index >= 15 is 0 Å². The maximum Gasteiger partial charge on any atom is 0.241 e. The second kappa shape index (κ2) is 9.41. The third kappa shape index (κ3) is 5.61. The number of nitrogens with one attached hydrogen (secondary N) is 1. The average Bonchev–Trinajstić information content (AvgIpc) is 2.69. The van der Waals surface area contributed by atoms with Crippen LogP contribution in [0.4, 0.5) is 5.69 Å². The number of carbonyl (C=O) groups excluding carboxylic acids is 1. The van der Waals surface area contributed by atoms with Gasteiger partial charge in [0.15, 0.2) is 0 Å². The Balaban J connectivity index is 1.38. The molecule has 5 heteroatoms. The zero-order valence-electron chi connectivity index (χ0n) is 14.8. The van der Waals surface area contributed by atoms with E-state index in [4.69, 9.17) is 11.6 Å². The molecule has 2 aromatic rings. The molecule has 0 bridgehead atoms. The van der Waals surface area contributed by atoms with E-state index in [0.717, 1.165) is 38.4 Å². The Labute approximate surface area is 160 Å². The van der Waals surface area contributed by atoms with E-state index in [1.54, 1.807) is 0 Å². The lowest BCUT2D eigenvalue weighted by Crippen LogP contribution is -2.50. The number of rotatable bonds is 6. The minimum atomic E-state index is 0.138. The maximum atomic E-state index is 12.3. The molecule has 136 valence electrons. The number of hydrogen-bond donors (Lipinski definition) is 1. The van der Waals surface area contributed by atoms with Crippen molar-refractivity contribution in [1.29, 1.82) is 0 Å². The van der Waals surface area contributed by atoms with Crippen molar-refractivity contribution in [3.05, 3.63) is 71.3 Å². The van der Waals surface area contributed by atoms with Crippen molar-refractivity contribution in [2.45, 2.75) is 0 Å². The molecule has 0 aliphatic carbocycles. The Morgan fingerprint density at radius 1 is 1.00 bits per heavy atom. The summed E-state index contributed by atoms with van der Waals surface area (Å²) in [6.45, 7) is 4.60. The first kappa shape index (κ1) is 18.5. The molecule has 0 atom stereocenters. The van der Waals surface area contributed by atoms with Gasteiger partial charge in [-0.05, 0) is 29.8 Å². The molecule has 0 saturated carbocycles. The van der Waals surface area contributed by atoms with E-state index in [0.29, 0.717) is 11.6 Å². The van der Waals surface area contributed by atoms with Crippen molar-refractivity contribution in [3.63, 3.8) is 0 Å². The van der Waals surface area contributed by atoms with Crippen LogP contribution in [-0.2, 0) is 4.79 Å². The molecule has 1 aliphatic rings. The van der Waals surface area contributed by atoms with Gasteiger partial charge in [0.1, 0.15) is 0 Å². The predicted octanol–water partition coefficient (Wildman–Crippen LogP) is 3.61. The van der Waals surface area contributed by atoms with Crippen molar-refractivity contribution in [3.8, 4) is 0 Å². The molecule has 1 heterocycles. The summed E-state index contributed by atoms with van der Waals surface area (Å²) in [6.07, 6.45) is 4.34. The molecular weight excluding hydrogens is 346 g/mol. The SMILES string of the molecule is O=C(CNc1ccc(Cl)cc1)N1CCN(C/C=C/c2ccccc2)CC1. The van der Waals surface area contributed by atoms with E-state index in [-0.39, 0.29) is 5.91 Å². The summed E-state index contributed by atoms with van der Waals surface area (Å²) >= 11 is 5.87. The summed E-state index contributed by atoms with van der Waals surface area (Å²) < 4.78 is 0. The van der Waals surface area contributed by atoms with Gasteiger partial charge in [-0.3, -0.25) is 9.69 Å². The van der Waals surface area contributed by atoms with Gasteiger partial charge in [0.2, 0.25) is 5.91 Å². The van der Waals surface area contributed by atoms with Gasteiger partial charge >= 0.3 is 0 Å². The molecule has 26 heavy (non-hydrogen) atoms. The molecule has 1 amide bonds. The minimum absolute atomic E-state index is 0.138. The summed E-state index contributed by atoms with van der Waals surface area (Å²) in [4.78, 5) is 16.7. The molecular formula is C21H24ClN3O. The quantitative estimate of drug-likeness (QED) is 0.844. The molecule has 1 fully saturated rings. The average molecular weight is 370 g/mol. The Kier molecular flexibility index (Phi) is 6.69. The van der Waals surface area contributed by atoms with Crippen molar-refractivity contribution in [1.82, 2.24) is 9.80 Å². The van der Waals surface area contributed by atoms with Crippen LogP contribution in [0.3, 0.4) is 0 Å². The van der Waals surface area contributed by atoms with Crippen LogP contribution >= 0.6 is 11.6 Å². The topological polar surface area (TPSA) is 35.6 Å².